The zero-order valence-corrected chi connectivity index (χ0v) is 18.6. The van der Waals surface area contributed by atoms with E-state index in [0.29, 0.717) is 0 Å². The van der Waals surface area contributed by atoms with Crippen molar-refractivity contribution in [1.82, 2.24) is 4.98 Å². The first-order valence-corrected chi connectivity index (χ1v) is 11.6. The molecule has 1 aliphatic heterocycles. The summed E-state index contributed by atoms with van der Waals surface area (Å²) in [6.45, 7) is 0. The number of hydrogen-bond acceptors (Lipinski definition) is 1. The van der Waals surface area contributed by atoms with Crippen LogP contribution in [0.2, 0.25) is 0 Å². The fourth-order valence-corrected chi connectivity index (χ4v) is 5.09. The molecule has 0 amide bonds. The lowest BCUT2D eigenvalue weighted by atomic mass is 10.00. The quantitative estimate of drug-likeness (QED) is 0.288. The van der Waals surface area contributed by atoms with E-state index in [1.807, 2.05) is 0 Å². The van der Waals surface area contributed by atoms with Gasteiger partial charge >= 0.3 is 0 Å². The van der Waals surface area contributed by atoms with Gasteiger partial charge in [-0.1, -0.05) is 91.0 Å². The molecule has 34 heavy (non-hydrogen) atoms. The summed E-state index contributed by atoms with van der Waals surface area (Å²) in [5, 5.41) is 2.53. The van der Waals surface area contributed by atoms with Crippen LogP contribution in [0, 0.1) is 0 Å². The molecule has 0 aliphatic carbocycles. The zero-order chi connectivity index (χ0) is 22.5. The van der Waals surface area contributed by atoms with Gasteiger partial charge in [0.05, 0.1) is 11.4 Å². The second kappa shape index (κ2) is 7.50. The summed E-state index contributed by atoms with van der Waals surface area (Å²) in [5.74, 6) is 0. The van der Waals surface area contributed by atoms with Crippen molar-refractivity contribution in [3.8, 4) is 11.1 Å². The third-order valence-electron chi connectivity index (χ3n) is 6.75. The number of nitrogens with zero attached hydrogens (tertiary/aromatic N) is 1. The minimum atomic E-state index is 1.16. The summed E-state index contributed by atoms with van der Waals surface area (Å²) in [7, 11) is 0. The van der Waals surface area contributed by atoms with Crippen molar-refractivity contribution in [2.24, 2.45) is 0 Å². The lowest BCUT2D eigenvalue weighted by molar-refractivity contribution is 1.28. The van der Waals surface area contributed by atoms with Gasteiger partial charge in [-0.2, -0.15) is 0 Å². The maximum Gasteiger partial charge on any atom is 0.0540 e. The summed E-state index contributed by atoms with van der Waals surface area (Å²) >= 11 is 0. The molecular weight excluding hydrogens is 412 g/mol. The molecule has 7 rings (SSSR count). The lowest BCUT2D eigenvalue weighted by Gasteiger charge is -2.27. The number of para-hydroxylation sites is 3. The number of benzene rings is 5. The van der Waals surface area contributed by atoms with Crippen LogP contribution in [0.25, 0.3) is 45.1 Å². The van der Waals surface area contributed by atoms with Crippen LogP contribution in [0.3, 0.4) is 0 Å². The Labute approximate surface area is 198 Å². The van der Waals surface area contributed by atoms with Crippen molar-refractivity contribution in [2.45, 2.75) is 0 Å². The molecule has 160 valence electrons. The third kappa shape index (κ3) is 2.96. The Morgan fingerprint density at radius 1 is 0.471 bits per heavy atom. The molecule has 2 heteroatoms. The van der Waals surface area contributed by atoms with Crippen LogP contribution in [-0.2, 0) is 0 Å². The standard InChI is InChI=1S/C32H22N2/c1-2-9-26(10-3-1)34-31-13-7-4-8-22(31)14-15-23-16-17-25(21-32(23)34)24-18-19-28-27-11-5-6-12-29(27)33-30(28)20-24/h1-21,33H. The van der Waals surface area contributed by atoms with E-state index in [9.17, 15) is 0 Å². The van der Waals surface area contributed by atoms with Gasteiger partial charge in [-0.15, -0.1) is 0 Å². The molecule has 1 N–H and O–H groups in total. The number of hydrogen-bond donors (Lipinski definition) is 1. The molecule has 0 spiro atoms. The Kier molecular flexibility index (Phi) is 4.18. The Morgan fingerprint density at radius 2 is 1.15 bits per heavy atom. The summed E-state index contributed by atoms with van der Waals surface area (Å²) in [6, 6.07) is 41.2. The van der Waals surface area contributed by atoms with E-state index < -0.39 is 0 Å². The minimum Gasteiger partial charge on any atom is -0.354 e. The number of anilines is 3. The number of rotatable bonds is 2. The summed E-state index contributed by atoms with van der Waals surface area (Å²) in [6.07, 6.45) is 4.44. The summed E-state index contributed by atoms with van der Waals surface area (Å²) in [4.78, 5) is 5.96. The molecule has 0 bridgehead atoms. The number of H-pyrrole nitrogens is 1. The second-order valence-corrected chi connectivity index (χ2v) is 8.77. The average Bonchev–Trinajstić information content (AvgIpc) is 3.18. The molecular formula is C32H22N2. The van der Waals surface area contributed by atoms with Gasteiger partial charge in [0, 0.05) is 27.5 Å². The van der Waals surface area contributed by atoms with Crippen molar-refractivity contribution < 1.29 is 0 Å². The molecule has 1 aromatic heterocycles. The van der Waals surface area contributed by atoms with E-state index in [1.54, 1.807) is 0 Å². The molecule has 0 fully saturated rings. The van der Waals surface area contributed by atoms with Crippen LogP contribution in [0.15, 0.2) is 115 Å². The van der Waals surface area contributed by atoms with Crippen LogP contribution < -0.4 is 4.90 Å². The predicted octanol–water partition coefficient (Wildman–Crippen LogP) is 8.94. The van der Waals surface area contributed by atoms with Gasteiger partial charge in [-0.25, -0.2) is 0 Å². The highest BCUT2D eigenvalue weighted by molar-refractivity contribution is 6.08. The van der Waals surface area contributed by atoms with E-state index in [4.69, 9.17) is 0 Å². The molecule has 1 aliphatic rings. The first-order valence-electron chi connectivity index (χ1n) is 11.6. The average molecular weight is 435 g/mol. The molecule has 5 aromatic carbocycles. The van der Waals surface area contributed by atoms with Crippen molar-refractivity contribution in [1.29, 1.82) is 0 Å². The highest BCUT2D eigenvalue weighted by atomic mass is 15.1. The highest BCUT2D eigenvalue weighted by Crippen LogP contribution is 2.43. The van der Waals surface area contributed by atoms with Crippen LogP contribution in [-0.4, -0.2) is 4.98 Å². The monoisotopic (exact) mass is 434 g/mol. The molecule has 0 unspecified atom stereocenters. The van der Waals surface area contributed by atoms with E-state index in [1.165, 1.54) is 55.4 Å². The predicted molar refractivity (Wildman–Crippen MR) is 145 cm³/mol. The molecule has 0 saturated carbocycles. The van der Waals surface area contributed by atoms with Gasteiger partial charge in [-0.05, 0) is 58.7 Å². The van der Waals surface area contributed by atoms with E-state index in [-0.39, 0.29) is 0 Å². The molecule has 0 atom stereocenters. The lowest BCUT2D eigenvalue weighted by Crippen LogP contribution is -2.11. The van der Waals surface area contributed by atoms with Crippen LogP contribution in [0.5, 0.6) is 0 Å². The van der Waals surface area contributed by atoms with Gasteiger partial charge in [0.1, 0.15) is 0 Å². The van der Waals surface area contributed by atoms with E-state index in [2.05, 4.69) is 137 Å². The third-order valence-corrected chi connectivity index (χ3v) is 6.75. The number of nitrogens with one attached hydrogen (secondary N) is 1. The zero-order valence-electron chi connectivity index (χ0n) is 18.6. The number of aromatic nitrogens is 1. The SMILES string of the molecule is C1=Cc2ccc(-c3ccc4c(c3)[nH]c3ccccc34)cc2N(c2ccccc2)c2ccccc21. The van der Waals surface area contributed by atoms with Gasteiger partial charge in [-0.3, -0.25) is 0 Å². The molecule has 0 saturated heterocycles. The van der Waals surface area contributed by atoms with Crippen LogP contribution in [0.4, 0.5) is 17.1 Å². The summed E-state index contributed by atoms with van der Waals surface area (Å²) in [5.41, 5.74) is 10.7. The first kappa shape index (κ1) is 19.0. The smallest absolute Gasteiger partial charge is 0.0540 e. The van der Waals surface area contributed by atoms with Gasteiger partial charge in [0.2, 0.25) is 0 Å². The fraction of sp³-hybridized carbons (Fsp3) is 0. The van der Waals surface area contributed by atoms with Crippen molar-refractivity contribution in [2.75, 3.05) is 4.90 Å². The Bertz CT molecular complexity index is 1710. The number of aromatic amines is 1. The second-order valence-electron chi connectivity index (χ2n) is 8.77. The highest BCUT2D eigenvalue weighted by Gasteiger charge is 2.20. The van der Waals surface area contributed by atoms with Crippen LogP contribution >= 0.6 is 0 Å². The Hall–Kier alpha value is -4.56. The summed E-state index contributed by atoms with van der Waals surface area (Å²) < 4.78 is 0. The topological polar surface area (TPSA) is 19.0 Å². The van der Waals surface area contributed by atoms with Gasteiger partial charge in [0.15, 0.2) is 0 Å². The maximum atomic E-state index is 3.59. The maximum absolute atomic E-state index is 3.59. The minimum absolute atomic E-state index is 1.16. The molecule has 2 heterocycles. The van der Waals surface area contributed by atoms with Crippen molar-refractivity contribution in [3.63, 3.8) is 0 Å². The van der Waals surface area contributed by atoms with Crippen molar-refractivity contribution >= 4 is 51.0 Å². The normalized spacial score (nSPS) is 12.5. The van der Waals surface area contributed by atoms with Crippen molar-refractivity contribution in [3.05, 3.63) is 126 Å². The van der Waals surface area contributed by atoms with Crippen LogP contribution in [0.1, 0.15) is 11.1 Å². The molecule has 2 nitrogen and oxygen atoms in total. The van der Waals surface area contributed by atoms with Gasteiger partial charge in [0.25, 0.3) is 0 Å². The largest absolute Gasteiger partial charge is 0.354 e. The van der Waals surface area contributed by atoms with Gasteiger partial charge < -0.3 is 9.88 Å². The van der Waals surface area contributed by atoms with E-state index in [0.717, 1.165) is 5.69 Å². The number of fused-ring (bicyclic) bond motifs is 5. The van der Waals surface area contributed by atoms with E-state index >= 15 is 0 Å². The molecule has 6 aromatic rings. The first-order chi connectivity index (χ1) is 16.8. The fourth-order valence-electron chi connectivity index (χ4n) is 5.09. The Balaban J connectivity index is 1.42. The molecule has 0 radical (unpaired) electrons. The Morgan fingerprint density at radius 3 is 2.06 bits per heavy atom.